The molecule has 5 heteroatoms. The summed E-state index contributed by atoms with van der Waals surface area (Å²) in [6.07, 6.45) is 11.3. The second-order valence-electron chi connectivity index (χ2n) is 6.26. The molecule has 0 aromatic heterocycles. The molecule has 0 aliphatic heterocycles. The Kier molecular flexibility index (Phi) is 19.2. The summed E-state index contributed by atoms with van der Waals surface area (Å²) in [6, 6.07) is 2.18. The molecule has 144 valence electrons. The molecule has 0 aromatic carbocycles. The normalized spacial score (nSPS) is 13.4. The molecule has 24 heavy (non-hydrogen) atoms. The zero-order valence-corrected chi connectivity index (χ0v) is 21.3. The monoisotopic (exact) mass is 549 g/mol. The van der Waals surface area contributed by atoms with Gasteiger partial charge in [0.2, 0.25) is 0 Å². The van der Waals surface area contributed by atoms with Gasteiger partial charge < -0.3 is 31.1 Å². The molecule has 0 N–H and O–H groups in total. The van der Waals surface area contributed by atoms with Crippen molar-refractivity contribution >= 4 is 16.6 Å². The quantitative estimate of drug-likeness (QED) is 0.200. The maximum absolute atomic E-state index is 5.55. The van der Waals surface area contributed by atoms with Crippen LogP contribution < -0.4 is 0 Å². The van der Waals surface area contributed by atoms with Crippen LogP contribution in [0.2, 0.25) is 31.7 Å². The van der Waals surface area contributed by atoms with Crippen molar-refractivity contribution in [2.24, 2.45) is 0 Å². The molecule has 0 spiro atoms. The maximum Gasteiger partial charge on any atom is 4.00 e. The summed E-state index contributed by atoms with van der Waals surface area (Å²) in [5.74, 6) is 0. The molecule has 0 unspecified atom stereocenters. The van der Waals surface area contributed by atoms with Crippen LogP contribution in [0.15, 0.2) is 29.5 Å². The molecule has 0 atom stereocenters. The fraction of sp³-hybridized carbons (Fsp3) is 0.526. The molecule has 1 rings (SSSR count). The van der Waals surface area contributed by atoms with E-state index >= 15 is 0 Å². The molecular weight excluding hydrogens is 511 g/mol. The standard InChI is InChI=1S/C16H29O2Si2.3CH3.Pt/c1-7-13-19(4,5)16-12-8-10-15(16)11-9-14-20(6,17-2)18-3;;;;/h7,10H,1,8-9,11,13-14H2,2-6H3;3*1H3;/q4*-1;+4. The van der Waals surface area contributed by atoms with E-state index in [9.17, 15) is 0 Å². The van der Waals surface area contributed by atoms with Crippen molar-refractivity contribution in [3.63, 3.8) is 0 Å². The van der Waals surface area contributed by atoms with Gasteiger partial charge in [-0.05, 0) is 18.6 Å². The van der Waals surface area contributed by atoms with E-state index in [1.165, 1.54) is 10.8 Å². The first-order valence-electron chi connectivity index (χ1n) is 7.40. The van der Waals surface area contributed by atoms with Crippen LogP contribution in [-0.2, 0) is 29.9 Å². The van der Waals surface area contributed by atoms with E-state index < -0.39 is 16.6 Å². The van der Waals surface area contributed by atoms with Crippen molar-refractivity contribution in [1.29, 1.82) is 0 Å². The van der Waals surface area contributed by atoms with Gasteiger partial charge in [-0.15, -0.1) is 13.0 Å². The van der Waals surface area contributed by atoms with E-state index in [1.54, 1.807) is 14.2 Å². The molecule has 2 nitrogen and oxygen atoms in total. The zero-order chi connectivity index (χ0) is 15.2. The number of allylic oxidation sites excluding steroid dienone is 5. The minimum Gasteiger partial charge on any atom is -0.398 e. The number of hydrogen-bond donors (Lipinski definition) is 0. The van der Waals surface area contributed by atoms with Gasteiger partial charge in [-0.3, -0.25) is 6.08 Å². The van der Waals surface area contributed by atoms with Crippen molar-refractivity contribution in [1.82, 2.24) is 0 Å². The third-order valence-electron chi connectivity index (χ3n) is 4.22. The van der Waals surface area contributed by atoms with Gasteiger partial charge in [0.25, 0.3) is 0 Å². The third-order valence-corrected chi connectivity index (χ3v) is 10.4. The Labute approximate surface area is 169 Å². The van der Waals surface area contributed by atoms with Gasteiger partial charge in [0.15, 0.2) is 0 Å². The first-order chi connectivity index (χ1) is 9.38. The van der Waals surface area contributed by atoms with E-state index in [-0.39, 0.29) is 43.3 Å². The van der Waals surface area contributed by atoms with E-state index in [0.717, 1.165) is 31.4 Å². The Balaban J connectivity index is -0.000000500. The summed E-state index contributed by atoms with van der Waals surface area (Å²) in [4.78, 5) is 0. The van der Waals surface area contributed by atoms with E-state index in [1.807, 2.05) is 0 Å². The topological polar surface area (TPSA) is 18.5 Å². The van der Waals surface area contributed by atoms with Crippen LogP contribution in [0, 0.1) is 28.4 Å². The summed E-state index contributed by atoms with van der Waals surface area (Å²) in [6.45, 7) is 10.9. The third kappa shape index (κ3) is 9.10. The molecule has 0 saturated heterocycles. The van der Waals surface area contributed by atoms with Crippen LogP contribution in [-0.4, -0.2) is 30.9 Å². The van der Waals surface area contributed by atoms with Crippen molar-refractivity contribution in [2.75, 3.05) is 14.2 Å². The SMILES string of the molecule is C=CC[Si](C)(C)C1=[C-]CC=C1CCC[Si](C)(OC)OC.[CH3-].[CH3-].[CH3-].[Pt+4]. The van der Waals surface area contributed by atoms with Gasteiger partial charge in [0.1, 0.15) is 0 Å². The molecule has 1 aliphatic carbocycles. The average Bonchev–Trinajstić information content (AvgIpc) is 2.88. The maximum atomic E-state index is 5.55. The predicted octanol–water partition coefficient (Wildman–Crippen LogP) is 5.97. The fourth-order valence-electron chi connectivity index (χ4n) is 2.74. The van der Waals surface area contributed by atoms with Gasteiger partial charge >= 0.3 is 29.6 Å². The second-order valence-corrected chi connectivity index (χ2v) is 14.5. The van der Waals surface area contributed by atoms with Crippen LogP contribution >= 0.6 is 0 Å². The van der Waals surface area contributed by atoms with Gasteiger partial charge in [0.05, 0.1) is 0 Å². The molecule has 0 fully saturated rings. The van der Waals surface area contributed by atoms with Crippen LogP contribution in [0.4, 0.5) is 0 Å². The Bertz CT molecular complexity index is 400. The zero-order valence-electron chi connectivity index (χ0n) is 17.0. The minimum atomic E-state index is -1.91. The molecule has 0 aromatic rings. The largest absolute Gasteiger partial charge is 4.00 e. The van der Waals surface area contributed by atoms with Crippen molar-refractivity contribution < 1.29 is 29.9 Å². The van der Waals surface area contributed by atoms with E-state index in [0.29, 0.717) is 0 Å². The number of hydrogen-bond acceptors (Lipinski definition) is 2. The molecule has 0 saturated carbocycles. The van der Waals surface area contributed by atoms with E-state index in [2.05, 4.69) is 44.4 Å². The van der Waals surface area contributed by atoms with Gasteiger partial charge in [0, 0.05) is 22.3 Å². The van der Waals surface area contributed by atoms with Gasteiger partial charge in [-0.1, -0.05) is 32.0 Å². The van der Waals surface area contributed by atoms with Crippen LogP contribution in [0.1, 0.15) is 19.3 Å². The van der Waals surface area contributed by atoms with Crippen LogP contribution in [0.5, 0.6) is 0 Å². The van der Waals surface area contributed by atoms with Crippen molar-refractivity contribution in [3.05, 3.63) is 57.9 Å². The van der Waals surface area contributed by atoms with Gasteiger partial charge in [-0.25, -0.2) is 10.8 Å². The number of rotatable bonds is 9. The predicted molar refractivity (Wildman–Crippen MR) is 111 cm³/mol. The molecular formula is C19H38O2PtSi2. The second kappa shape index (κ2) is 14.4. The molecule has 0 bridgehead atoms. The van der Waals surface area contributed by atoms with Crippen molar-refractivity contribution in [2.45, 2.75) is 51.0 Å². The summed E-state index contributed by atoms with van der Waals surface area (Å²) in [7, 11) is 0.243. The Morgan fingerprint density at radius 1 is 1.17 bits per heavy atom. The summed E-state index contributed by atoms with van der Waals surface area (Å²) < 4.78 is 11.1. The van der Waals surface area contributed by atoms with Crippen LogP contribution in [0.25, 0.3) is 0 Å². The Hall–Kier alpha value is 0.262. The first kappa shape index (κ1) is 32.0. The van der Waals surface area contributed by atoms with Gasteiger partial charge in [-0.2, -0.15) is 6.08 Å². The van der Waals surface area contributed by atoms with Crippen molar-refractivity contribution in [3.8, 4) is 0 Å². The summed E-state index contributed by atoms with van der Waals surface area (Å²) in [5.41, 5.74) is 1.52. The minimum absolute atomic E-state index is 0. The Morgan fingerprint density at radius 3 is 2.17 bits per heavy atom. The molecule has 1 aliphatic rings. The Morgan fingerprint density at radius 2 is 1.71 bits per heavy atom. The summed E-state index contributed by atoms with van der Waals surface area (Å²) in [5, 5.41) is 1.52. The fourth-order valence-corrected chi connectivity index (χ4v) is 6.74. The van der Waals surface area contributed by atoms with Crippen LogP contribution in [0.3, 0.4) is 0 Å². The molecule has 0 radical (unpaired) electrons. The van der Waals surface area contributed by atoms with E-state index in [4.69, 9.17) is 8.85 Å². The molecule has 0 heterocycles. The first-order valence-corrected chi connectivity index (χ1v) is 13.1. The smallest absolute Gasteiger partial charge is 0.398 e. The molecule has 0 amide bonds. The summed E-state index contributed by atoms with van der Waals surface area (Å²) >= 11 is 0. The average molecular weight is 550 g/mol.